The lowest BCUT2D eigenvalue weighted by atomic mass is 10.1. The van der Waals surface area contributed by atoms with Gasteiger partial charge in [-0.2, -0.15) is 0 Å². The van der Waals surface area contributed by atoms with Gasteiger partial charge < -0.3 is 25.2 Å². The molecule has 0 aliphatic rings. The summed E-state index contributed by atoms with van der Waals surface area (Å²) < 4.78 is 4.98. The van der Waals surface area contributed by atoms with Crippen LogP contribution in [0, 0.1) is 0 Å². The Bertz CT molecular complexity index is 893. The van der Waals surface area contributed by atoms with Gasteiger partial charge in [0.2, 0.25) is 0 Å². The molecule has 0 fully saturated rings. The fourth-order valence-electron chi connectivity index (χ4n) is 2.04. The van der Waals surface area contributed by atoms with Gasteiger partial charge >= 0.3 is 0 Å². The van der Waals surface area contributed by atoms with Crippen LogP contribution in [0.1, 0.15) is 11.1 Å². The van der Waals surface area contributed by atoms with E-state index >= 15 is 0 Å². The third-order valence-corrected chi connectivity index (χ3v) is 3.38. The van der Waals surface area contributed by atoms with Gasteiger partial charge in [0.25, 0.3) is 0 Å². The zero-order valence-corrected chi connectivity index (χ0v) is 14.0. The molecule has 0 bridgehead atoms. The molecule has 4 N–H and O–H groups in total. The van der Waals surface area contributed by atoms with E-state index < -0.39 is 5.78 Å². The monoisotopic (exact) mass is 354 g/mol. The number of carbonyl (C=O) groups is 1. The first-order valence-corrected chi connectivity index (χ1v) is 7.59. The molecule has 0 aromatic heterocycles. The zero-order valence-electron chi connectivity index (χ0n) is 14.0. The number of aliphatic hydroxyl groups excluding tert-OH is 1. The average Bonchev–Trinajstić information content (AvgIpc) is 2.62. The number of hydrogen-bond donors (Lipinski definition) is 4. The molecule has 0 unspecified atom stereocenters. The number of benzene rings is 2. The summed E-state index contributed by atoms with van der Waals surface area (Å²) in [7, 11) is 1.43. The van der Waals surface area contributed by atoms with E-state index in [0.717, 1.165) is 6.08 Å². The molecule has 2 rings (SSSR count). The second kappa shape index (κ2) is 8.43. The van der Waals surface area contributed by atoms with Crippen molar-refractivity contribution in [1.29, 1.82) is 0 Å². The molecule has 2 aromatic rings. The normalized spacial score (nSPS) is 12.0. The van der Waals surface area contributed by atoms with Crippen molar-refractivity contribution >= 4 is 17.9 Å². The first-order chi connectivity index (χ1) is 12.4. The number of methoxy groups -OCH3 is 1. The third-order valence-electron chi connectivity index (χ3n) is 3.38. The van der Waals surface area contributed by atoms with Crippen molar-refractivity contribution in [3.63, 3.8) is 0 Å². The number of carbonyl (C=O) groups excluding carboxylic acids is 1. The van der Waals surface area contributed by atoms with Crippen LogP contribution in [-0.2, 0) is 4.79 Å². The summed E-state index contributed by atoms with van der Waals surface area (Å²) in [6.45, 7) is 0. The number of aliphatic hydroxyl groups is 1. The highest BCUT2D eigenvalue weighted by Crippen LogP contribution is 2.27. The van der Waals surface area contributed by atoms with Gasteiger partial charge in [-0.1, -0.05) is 24.3 Å². The molecule has 0 aliphatic carbocycles. The Labute approximate surface area is 150 Å². The van der Waals surface area contributed by atoms with E-state index in [4.69, 9.17) is 4.74 Å². The minimum atomic E-state index is -0.437. The lowest BCUT2D eigenvalue weighted by molar-refractivity contribution is -0.110. The maximum absolute atomic E-state index is 11.8. The van der Waals surface area contributed by atoms with Gasteiger partial charge in [-0.25, -0.2) is 0 Å². The Kier molecular flexibility index (Phi) is 6.06. The number of ketones is 1. The van der Waals surface area contributed by atoms with E-state index in [1.165, 1.54) is 49.6 Å². The maximum atomic E-state index is 11.8. The second-order valence-electron chi connectivity index (χ2n) is 5.32. The van der Waals surface area contributed by atoms with Crippen LogP contribution >= 0.6 is 0 Å². The number of allylic oxidation sites excluding steroid dienone is 3. The number of rotatable bonds is 6. The molecule has 2 aromatic carbocycles. The van der Waals surface area contributed by atoms with Crippen molar-refractivity contribution in [3.05, 3.63) is 71.5 Å². The number of phenols is 3. The van der Waals surface area contributed by atoms with E-state index in [2.05, 4.69) is 0 Å². The molecule has 0 spiro atoms. The topological polar surface area (TPSA) is 107 Å². The van der Waals surface area contributed by atoms with Crippen molar-refractivity contribution in [2.75, 3.05) is 7.11 Å². The quantitative estimate of drug-likeness (QED) is 0.273. The highest BCUT2D eigenvalue weighted by molar-refractivity contribution is 6.02. The molecular formula is C20H18O6. The van der Waals surface area contributed by atoms with E-state index in [-0.39, 0.29) is 28.8 Å². The minimum Gasteiger partial charge on any atom is -0.508 e. The van der Waals surface area contributed by atoms with E-state index in [1.54, 1.807) is 18.2 Å². The number of aromatic hydroxyl groups is 3. The van der Waals surface area contributed by atoms with Crippen LogP contribution < -0.4 is 4.74 Å². The lowest BCUT2D eigenvalue weighted by Crippen LogP contribution is -1.89. The highest BCUT2D eigenvalue weighted by atomic mass is 16.5. The fourth-order valence-corrected chi connectivity index (χ4v) is 2.04. The smallest absolute Gasteiger partial charge is 0.182 e. The van der Waals surface area contributed by atoms with Crippen molar-refractivity contribution < 1.29 is 30.0 Å². The van der Waals surface area contributed by atoms with Crippen LogP contribution in [0.4, 0.5) is 0 Å². The van der Waals surface area contributed by atoms with Crippen LogP contribution in [0.15, 0.2) is 60.4 Å². The molecular weight excluding hydrogens is 336 g/mol. The van der Waals surface area contributed by atoms with Crippen molar-refractivity contribution in [3.8, 4) is 23.0 Å². The number of ether oxygens (including phenoxy) is 1. The van der Waals surface area contributed by atoms with Crippen molar-refractivity contribution in [2.45, 2.75) is 0 Å². The molecule has 0 heterocycles. The summed E-state index contributed by atoms with van der Waals surface area (Å²) in [6, 6.07) is 8.81. The summed E-state index contributed by atoms with van der Waals surface area (Å²) in [5.74, 6) is -0.938. The van der Waals surface area contributed by atoms with Crippen LogP contribution in [0.25, 0.3) is 12.2 Å². The Morgan fingerprint density at radius 2 is 1.50 bits per heavy atom. The largest absolute Gasteiger partial charge is 0.508 e. The van der Waals surface area contributed by atoms with E-state index in [9.17, 15) is 25.2 Å². The summed E-state index contributed by atoms with van der Waals surface area (Å²) in [4.78, 5) is 11.8. The predicted octanol–water partition coefficient (Wildman–Crippen LogP) is 3.55. The molecule has 6 heteroatoms. The third kappa shape index (κ3) is 5.17. The van der Waals surface area contributed by atoms with Crippen molar-refractivity contribution in [1.82, 2.24) is 0 Å². The minimum absolute atomic E-state index is 0.000999. The standard InChI is InChI=1S/C20H18O6/c1-26-20-11-14(5-9-18(20)24)3-7-16(22)12-15(21)6-2-13-4-8-17(23)19(25)10-13/h2-12,21,23-25H,1H3/b6-2+,7-3+,15-12-. The summed E-state index contributed by atoms with van der Waals surface area (Å²) in [5, 5.41) is 37.9. The van der Waals surface area contributed by atoms with Gasteiger partial charge in [0.15, 0.2) is 28.8 Å². The molecule has 0 atom stereocenters. The SMILES string of the molecule is COc1cc(/C=C/C(=O)/C=C(O)/C=C/c2ccc(O)c(O)c2)ccc1O. The fraction of sp³-hybridized carbons (Fsp3) is 0.0500. The number of hydrogen-bond acceptors (Lipinski definition) is 6. The Hall–Kier alpha value is -3.67. The summed E-state index contributed by atoms with van der Waals surface area (Å²) in [5.41, 5.74) is 1.19. The zero-order chi connectivity index (χ0) is 19.1. The number of phenolic OH excluding ortho intramolecular Hbond substituents is 3. The molecule has 0 aliphatic heterocycles. The predicted molar refractivity (Wildman–Crippen MR) is 98.2 cm³/mol. The molecule has 0 saturated heterocycles. The van der Waals surface area contributed by atoms with Gasteiger partial charge in [0, 0.05) is 6.08 Å². The lowest BCUT2D eigenvalue weighted by Gasteiger charge is -2.03. The van der Waals surface area contributed by atoms with Gasteiger partial charge in [0.1, 0.15) is 5.76 Å². The Morgan fingerprint density at radius 1 is 0.885 bits per heavy atom. The molecule has 6 nitrogen and oxygen atoms in total. The maximum Gasteiger partial charge on any atom is 0.182 e. The van der Waals surface area contributed by atoms with Crippen LogP contribution in [-0.4, -0.2) is 33.3 Å². The molecule has 0 amide bonds. The highest BCUT2D eigenvalue weighted by Gasteiger charge is 2.01. The van der Waals surface area contributed by atoms with Crippen molar-refractivity contribution in [2.24, 2.45) is 0 Å². The van der Waals surface area contributed by atoms with Gasteiger partial charge in [-0.3, -0.25) is 4.79 Å². The van der Waals surface area contributed by atoms with Gasteiger partial charge in [-0.05, 0) is 47.5 Å². The first-order valence-electron chi connectivity index (χ1n) is 7.59. The van der Waals surface area contributed by atoms with Gasteiger partial charge in [0.05, 0.1) is 7.11 Å². The Balaban J connectivity index is 2.04. The first kappa shape index (κ1) is 18.7. The molecule has 0 saturated carbocycles. The molecule has 26 heavy (non-hydrogen) atoms. The van der Waals surface area contributed by atoms with Crippen LogP contribution in [0.5, 0.6) is 23.0 Å². The van der Waals surface area contributed by atoms with Crippen LogP contribution in [0.3, 0.4) is 0 Å². The van der Waals surface area contributed by atoms with E-state index in [1.807, 2.05) is 0 Å². The van der Waals surface area contributed by atoms with Crippen LogP contribution in [0.2, 0.25) is 0 Å². The molecule has 0 radical (unpaired) electrons. The molecule has 134 valence electrons. The summed E-state index contributed by atoms with van der Waals surface area (Å²) in [6.07, 6.45) is 6.59. The Morgan fingerprint density at radius 3 is 2.15 bits per heavy atom. The average molecular weight is 354 g/mol. The second-order valence-corrected chi connectivity index (χ2v) is 5.32. The van der Waals surface area contributed by atoms with Gasteiger partial charge in [-0.15, -0.1) is 0 Å². The summed E-state index contributed by atoms with van der Waals surface area (Å²) >= 11 is 0. The van der Waals surface area contributed by atoms with E-state index in [0.29, 0.717) is 11.1 Å².